The molecule has 3 heteroatoms. The number of halogens is 1. The zero-order chi connectivity index (χ0) is 11.2. The van der Waals surface area contributed by atoms with E-state index in [1.54, 1.807) is 6.33 Å². The van der Waals surface area contributed by atoms with E-state index in [0.29, 0.717) is 5.88 Å². The van der Waals surface area contributed by atoms with E-state index in [1.807, 2.05) is 6.20 Å². The molecule has 0 radical (unpaired) electrons. The highest BCUT2D eigenvalue weighted by Gasteiger charge is 1.96. The molecule has 0 spiro atoms. The Morgan fingerprint density at radius 3 is 2.69 bits per heavy atom. The predicted molar refractivity (Wildman–Crippen MR) is 68.4 cm³/mol. The summed E-state index contributed by atoms with van der Waals surface area (Å²) in [6, 6.07) is 8.32. The van der Waals surface area contributed by atoms with Crippen LogP contribution in [0, 0.1) is 0 Å². The zero-order valence-electron chi connectivity index (χ0n) is 8.86. The van der Waals surface area contributed by atoms with E-state index in [4.69, 9.17) is 11.6 Å². The lowest BCUT2D eigenvalue weighted by Gasteiger charge is -1.98. The van der Waals surface area contributed by atoms with Gasteiger partial charge in [0.05, 0.1) is 18.2 Å². The van der Waals surface area contributed by atoms with Gasteiger partial charge < -0.3 is 4.98 Å². The average Bonchev–Trinajstić information content (AvgIpc) is 2.84. The molecular weight excluding hydrogens is 220 g/mol. The van der Waals surface area contributed by atoms with Gasteiger partial charge in [-0.3, -0.25) is 0 Å². The number of imidazole rings is 1. The van der Waals surface area contributed by atoms with Crippen LogP contribution in [0.5, 0.6) is 0 Å². The summed E-state index contributed by atoms with van der Waals surface area (Å²) >= 11 is 5.60. The van der Waals surface area contributed by atoms with Crippen LogP contribution in [-0.4, -0.2) is 15.8 Å². The smallest absolute Gasteiger partial charge is 0.0924 e. The fourth-order valence-corrected chi connectivity index (χ4v) is 1.60. The molecule has 16 heavy (non-hydrogen) atoms. The fraction of sp³-hybridized carbons (Fsp3) is 0.154. The van der Waals surface area contributed by atoms with Crippen LogP contribution in [-0.2, 0) is 0 Å². The summed E-state index contributed by atoms with van der Waals surface area (Å²) in [5.74, 6) is 0.669. The molecule has 2 aromatic rings. The summed E-state index contributed by atoms with van der Waals surface area (Å²) in [5, 5.41) is 0. The summed E-state index contributed by atoms with van der Waals surface area (Å²) < 4.78 is 0. The molecule has 1 heterocycles. The number of nitrogens with zero attached hydrogens (tertiary/aromatic N) is 1. The minimum absolute atomic E-state index is 0.669. The van der Waals surface area contributed by atoms with Crippen molar-refractivity contribution in [3.05, 3.63) is 48.4 Å². The normalized spacial score (nSPS) is 11.1. The van der Waals surface area contributed by atoms with Gasteiger partial charge in [0.25, 0.3) is 0 Å². The molecule has 1 N–H and O–H groups in total. The third kappa shape index (κ3) is 2.74. The Morgan fingerprint density at radius 2 is 2.06 bits per heavy atom. The summed E-state index contributed by atoms with van der Waals surface area (Å²) in [5.41, 5.74) is 3.37. The first-order chi connectivity index (χ1) is 7.90. The van der Waals surface area contributed by atoms with Crippen LogP contribution in [0.2, 0.25) is 0 Å². The number of benzene rings is 1. The number of nitrogens with one attached hydrogen (secondary N) is 1. The van der Waals surface area contributed by atoms with Crippen molar-refractivity contribution in [2.45, 2.75) is 6.42 Å². The quantitative estimate of drug-likeness (QED) is 0.800. The first-order valence-corrected chi connectivity index (χ1v) is 5.75. The highest BCUT2D eigenvalue weighted by atomic mass is 35.5. The predicted octanol–water partition coefficient (Wildman–Crippen LogP) is 3.72. The molecule has 0 amide bonds. The molecule has 0 saturated heterocycles. The van der Waals surface area contributed by atoms with E-state index in [1.165, 1.54) is 5.56 Å². The Kier molecular flexibility index (Phi) is 3.78. The first kappa shape index (κ1) is 11.0. The number of aromatic amines is 1. The van der Waals surface area contributed by atoms with Crippen molar-refractivity contribution in [2.75, 3.05) is 5.88 Å². The number of aromatic nitrogens is 2. The second-order valence-electron chi connectivity index (χ2n) is 3.47. The lowest BCUT2D eigenvalue weighted by Crippen LogP contribution is -1.78. The number of rotatable bonds is 4. The Morgan fingerprint density at radius 1 is 1.25 bits per heavy atom. The average molecular weight is 233 g/mol. The summed E-state index contributed by atoms with van der Waals surface area (Å²) in [6.45, 7) is 0. The van der Waals surface area contributed by atoms with Crippen LogP contribution >= 0.6 is 11.6 Å². The van der Waals surface area contributed by atoms with Crippen LogP contribution in [0.3, 0.4) is 0 Å². The lowest BCUT2D eigenvalue weighted by atomic mass is 10.1. The molecule has 0 fully saturated rings. The molecule has 1 aromatic heterocycles. The van der Waals surface area contributed by atoms with E-state index < -0.39 is 0 Å². The monoisotopic (exact) mass is 232 g/mol. The largest absolute Gasteiger partial charge is 0.345 e. The van der Waals surface area contributed by atoms with Crippen molar-refractivity contribution in [3.63, 3.8) is 0 Å². The van der Waals surface area contributed by atoms with Crippen molar-refractivity contribution in [2.24, 2.45) is 0 Å². The molecule has 0 aliphatic rings. The molecule has 2 rings (SSSR count). The first-order valence-electron chi connectivity index (χ1n) is 5.21. The van der Waals surface area contributed by atoms with Crippen molar-refractivity contribution >= 4 is 17.7 Å². The molecule has 2 nitrogen and oxygen atoms in total. The standard InChI is InChI=1S/C13H13ClN2/c14-8-2-1-3-11-4-6-12(7-5-11)13-9-15-10-16-13/h1,3-7,9-10H,2,8H2,(H,15,16). The number of alkyl halides is 1. The van der Waals surface area contributed by atoms with E-state index in [9.17, 15) is 0 Å². The summed E-state index contributed by atoms with van der Waals surface area (Å²) in [4.78, 5) is 7.08. The Labute approximate surface area is 100.0 Å². The number of hydrogen-bond donors (Lipinski definition) is 1. The van der Waals surface area contributed by atoms with Gasteiger partial charge in [-0.15, -0.1) is 11.6 Å². The Balaban J connectivity index is 2.11. The van der Waals surface area contributed by atoms with Crippen molar-refractivity contribution in [1.29, 1.82) is 0 Å². The Bertz CT molecular complexity index is 443. The van der Waals surface area contributed by atoms with Gasteiger partial charge in [0.1, 0.15) is 0 Å². The van der Waals surface area contributed by atoms with Gasteiger partial charge in [0, 0.05) is 5.88 Å². The van der Waals surface area contributed by atoms with Crippen LogP contribution < -0.4 is 0 Å². The second kappa shape index (κ2) is 5.52. The van der Waals surface area contributed by atoms with Gasteiger partial charge in [-0.25, -0.2) is 4.98 Å². The molecule has 82 valence electrons. The van der Waals surface area contributed by atoms with Crippen LogP contribution in [0.4, 0.5) is 0 Å². The van der Waals surface area contributed by atoms with Gasteiger partial charge in [-0.05, 0) is 17.5 Å². The fourth-order valence-electron chi connectivity index (χ4n) is 1.47. The minimum Gasteiger partial charge on any atom is -0.345 e. The highest BCUT2D eigenvalue weighted by molar-refractivity contribution is 6.17. The third-order valence-electron chi connectivity index (χ3n) is 2.31. The molecule has 1 aromatic carbocycles. The molecule has 0 unspecified atom stereocenters. The molecular formula is C13H13ClN2. The maximum absolute atomic E-state index is 5.60. The minimum atomic E-state index is 0.669. The maximum atomic E-state index is 5.60. The van der Waals surface area contributed by atoms with Gasteiger partial charge in [0.15, 0.2) is 0 Å². The number of allylic oxidation sites excluding steroid dienone is 1. The highest BCUT2D eigenvalue weighted by Crippen LogP contribution is 2.17. The second-order valence-corrected chi connectivity index (χ2v) is 3.85. The van der Waals surface area contributed by atoms with Gasteiger partial charge in [0.2, 0.25) is 0 Å². The van der Waals surface area contributed by atoms with Crippen LogP contribution in [0.15, 0.2) is 42.9 Å². The molecule has 0 aliphatic heterocycles. The van der Waals surface area contributed by atoms with E-state index in [2.05, 4.69) is 46.4 Å². The van der Waals surface area contributed by atoms with E-state index in [-0.39, 0.29) is 0 Å². The molecule has 0 bridgehead atoms. The van der Waals surface area contributed by atoms with Crippen LogP contribution in [0.25, 0.3) is 17.3 Å². The van der Waals surface area contributed by atoms with Gasteiger partial charge >= 0.3 is 0 Å². The van der Waals surface area contributed by atoms with Gasteiger partial charge in [-0.2, -0.15) is 0 Å². The third-order valence-corrected chi connectivity index (χ3v) is 2.52. The maximum Gasteiger partial charge on any atom is 0.0924 e. The molecule has 0 aliphatic carbocycles. The molecule has 0 saturated carbocycles. The summed E-state index contributed by atoms with van der Waals surface area (Å²) in [6.07, 6.45) is 8.57. The van der Waals surface area contributed by atoms with Gasteiger partial charge in [-0.1, -0.05) is 36.4 Å². The zero-order valence-corrected chi connectivity index (χ0v) is 9.61. The SMILES string of the molecule is ClCCC=Cc1ccc(-c2cnc[nH]2)cc1. The Hall–Kier alpha value is -1.54. The van der Waals surface area contributed by atoms with Crippen molar-refractivity contribution in [3.8, 4) is 11.3 Å². The number of H-pyrrole nitrogens is 1. The number of hydrogen-bond acceptors (Lipinski definition) is 1. The summed E-state index contributed by atoms with van der Waals surface area (Å²) in [7, 11) is 0. The van der Waals surface area contributed by atoms with E-state index in [0.717, 1.165) is 17.7 Å². The van der Waals surface area contributed by atoms with Crippen LogP contribution in [0.1, 0.15) is 12.0 Å². The topological polar surface area (TPSA) is 28.7 Å². The van der Waals surface area contributed by atoms with Crippen molar-refractivity contribution in [1.82, 2.24) is 9.97 Å². The van der Waals surface area contributed by atoms with E-state index >= 15 is 0 Å². The molecule has 0 atom stereocenters. The van der Waals surface area contributed by atoms with Crippen molar-refractivity contribution < 1.29 is 0 Å². The lowest BCUT2D eigenvalue weighted by molar-refractivity contribution is 1.24.